The Morgan fingerprint density at radius 1 is 1.33 bits per heavy atom. The lowest BCUT2D eigenvalue weighted by Gasteiger charge is -2.34. The van der Waals surface area contributed by atoms with E-state index >= 15 is 0 Å². The Hall–Kier alpha value is -2.64. The van der Waals surface area contributed by atoms with Crippen LogP contribution in [0.2, 0.25) is 5.02 Å². The lowest BCUT2D eigenvalue weighted by Crippen LogP contribution is -2.56. The van der Waals surface area contributed by atoms with Crippen LogP contribution in [0.4, 0.5) is 4.39 Å². The van der Waals surface area contributed by atoms with E-state index in [9.17, 15) is 14.0 Å². The van der Waals surface area contributed by atoms with Crippen molar-refractivity contribution in [2.45, 2.75) is 25.4 Å². The van der Waals surface area contributed by atoms with Gasteiger partial charge in [0.05, 0.1) is 24.6 Å². The maximum Gasteiger partial charge on any atom is 0.237 e. The van der Waals surface area contributed by atoms with E-state index in [0.29, 0.717) is 38.2 Å². The predicted octanol–water partition coefficient (Wildman–Crippen LogP) is 2.54. The van der Waals surface area contributed by atoms with Crippen LogP contribution in [0.3, 0.4) is 0 Å². The Morgan fingerprint density at radius 3 is 2.90 bits per heavy atom. The lowest BCUT2D eigenvalue weighted by atomic mass is 10.1. The maximum absolute atomic E-state index is 13.7. The maximum atomic E-state index is 13.7. The second-order valence-corrected chi connectivity index (χ2v) is 7.55. The molecule has 30 heavy (non-hydrogen) atoms. The summed E-state index contributed by atoms with van der Waals surface area (Å²) in [5.74, 6) is -0.129. The van der Waals surface area contributed by atoms with Gasteiger partial charge in [-0.25, -0.2) is 4.39 Å². The summed E-state index contributed by atoms with van der Waals surface area (Å²) in [6.07, 6.45) is 0.661. The van der Waals surface area contributed by atoms with Crippen molar-refractivity contribution in [1.82, 2.24) is 15.5 Å². The molecule has 0 aromatic heterocycles. The molecule has 2 aromatic rings. The van der Waals surface area contributed by atoms with Gasteiger partial charge in [0.1, 0.15) is 11.6 Å². The van der Waals surface area contributed by atoms with Gasteiger partial charge in [-0.2, -0.15) is 0 Å². The summed E-state index contributed by atoms with van der Waals surface area (Å²) in [6, 6.07) is 11.6. The molecule has 0 aliphatic carbocycles. The van der Waals surface area contributed by atoms with Crippen LogP contribution in [0.15, 0.2) is 42.5 Å². The number of carbonyl (C=O) groups excluding carboxylic acids is 2. The van der Waals surface area contributed by atoms with Crippen LogP contribution in [0.25, 0.3) is 0 Å². The fraction of sp³-hybridized carbons (Fsp3) is 0.364. The second-order valence-electron chi connectivity index (χ2n) is 7.14. The van der Waals surface area contributed by atoms with E-state index in [1.54, 1.807) is 13.2 Å². The molecular formula is C22H25ClFN3O3. The van der Waals surface area contributed by atoms with Crippen LogP contribution in [0, 0.1) is 5.82 Å². The summed E-state index contributed by atoms with van der Waals surface area (Å²) < 4.78 is 19.1. The zero-order chi connectivity index (χ0) is 21.5. The Labute approximate surface area is 180 Å². The molecule has 6 nitrogen and oxygen atoms in total. The summed E-state index contributed by atoms with van der Waals surface area (Å²) in [5.41, 5.74) is 1.70. The molecule has 160 valence electrons. The lowest BCUT2D eigenvalue weighted by molar-refractivity contribution is -0.134. The molecule has 2 amide bonds. The third kappa shape index (κ3) is 5.70. The van der Waals surface area contributed by atoms with E-state index < -0.39 is 11.9 Å². The van der Waals surface area contributed by atoms with Crippen LogP contribution < -0.4 is 15.4 Å². The van der Waals surface area contributed by atoms with Crippen molar-refractivity contribution < 1.29 is 18.7 Å². The van der Waals surface area contributed by atoms with Crippen LogP contribution in [0.1, 0.15) is 17.5 Å². The Balaban J connectivity index is 1.57. The Bertz CT molecular complexity index is 909. The van der Waals surface area contributed by atoms with E-state index in [4.69, 9.17) is 16.3 Å². The Morgan fingerprint density at radius 2 is 2.13 bits per heavy atom. The van der Waals surface area contributed by atoms with Crippen LogP contribution in [0.5, 0.6) is 5.75 Å². The number of nitrogens with one attached hydrogen (secondary N) is 2. The zero-order valence-corrected chi connectivity index (χ0v) is 17.5. The molecular weight excluding hydrogens is 409 g/mol. The van der Waals surface area contributed by atoms with Crippen LogP contribution >= 0.6 is 11.6 Å². The van der Waals surface area contributed by atoms with E-state index in [1.807, 2.05) is 29.2 Å². The number of carbonyl (C=O) groups is 2. The number of para-hydroxylation sites is 1. The highest BCUT2D eigenvalue weighted by Crippen LogP contribution is 2.20. The first-order valence-corrected chi connectivity index (χ1v) is 10.2. The number of ether oxygens (including phenoxy) is 1. The van der Waals surface area contributed by atoms with E-state index in [0.717, 1.165) is 11.3 Å². The molecule has 0 radical (unpaired) electrons. The van der Waals surface area contributed by atoms with E-state index in [2.05, 4.69) is 10.6 Å². The molecule has 8 heteroatoms. The smallest absolute Gasteiger partial charge is 0.237 e. The van der Waals surface area contributed by atoms with Gasteiger partial charge in [0.25, 0.3) is 0 Å². The van der Waals surface area contributed by atoms with Crippen molar-refractivity contribution in [1.29, 1.82) is 0 Å². The third-order valence-electron chi connectivity index (χ3n) is 5.10. The highest BCUT2D eigenvalue weighted by atomic mass is 35.5. The van der Waals surface area contributed by atoms with E-state index in [-0.39, 0.29) is 23.3 Å². The number of piperazine rings is 1. The first-order valence-electron chi connectivity index (χ1n) is 9.82. The average Bonchev–Trinajstić information content (AvgIpc) is 2.73. The predicted molar refractivity (Wildman–Crippen MR) is 113 cm³/mol. The van der Waals surface area contributed by atoms with Gasteiger partial charge in [0.2, 0.25) is 11.8 Å². The van der Waals surface area contributed by atoms with Gasteiger partial charge in [-0.1, -0.05) is 35.9 Å². The zero-order valence-electron chi connectivity index (χ0n) is 16.8. The second kappa shape index (κ2) is 10.4. The van der Waals surface area contributed by atoms with Crippen LogP contribution in [-0.2, 0) is 22.6 Å². The fourth-order valence-electron chi connectivity index (χ4n) is 3.54. The number of methoxy groups -OCH3 is 1. The molecule has 1 fully saturated rings. The molecule has 1 saturated heterocycles. The number of hydrogen-bond donors (Lipinski definition) is 2. The monoisotopic (exact) mass is 433 g/mol. The summed E-state index contributed by atoms with van der Waals surface area (Å²) in [6.45, 7) is 1.87. The number of nitrogens with zero attached hydrogens (tertiary/aromatic N) is 1. The summed E-state index contributed by atoms with van der Waals surface area (Å²) in [7, 11) is 1.61. The molecule has 0 spiro atoms. The largest absolute Gasteiger partial charge is 0.496 e. The first-order chi connectivity index (χ1) is 14.5. The van der Waals surface area contributed by atoms with Gasteiger partial charge in [-0.15, -0.1) is 0 Å². The molecule has 2 aromatic carbocycles. The van der Waals surface area contributed by atoms with Gasteiger partial charge < -0.3 is 15.4 Å². The number of hydrogen-bond acceptors (Lipinski definition) is 4. The molecule has 1 heterocycles. The fourth-order valence-corrected chi connectivity index (χ4v) is 3.66. The number of halogens is 2. The summed E-state index contributed by atoms with van der Waals surface area (Å²) in [4.78, 5) is 26.7. The number of benzene rings is 2. The van der Waals surface area contributed by atoms with Crippen LogP contribution in [-0.4, -0.2) is 49.5 Å². The van der Waals surface area contributed by atoms with Gasteiger partial charge in [0.15, 0.2) is 0 Å². The van der Waals surface area contributed by atoms with Crippen molar-refractivity contribution in [3.8, 4) is 5.75 Å². The van der Waals surface area contributed by atoms with Crippen molar-refractivity contribution >= 4 is 23.4 Å². The van der Waals surface area contributed by atoms with Crippen molar-refractivity contribution in [2.75, 3.05) is 26.7 Å². The topological polar surface area (TPSA) is 70.7 Å². The van der Waals surface area contributed by atoms with Crippen molar-refractivity contribution in [3.05, 3.63) is 64.4 Å². The number of rotatable bonds is 8. The minimum absolute atomic E-state index is 0.0355. The SMILES string of the molecule is COc1ccccc1CCNC(=O)CC1C(=O)NCCN1Cc1ccc(Cl)c(F)c1. The van der Waals surface area contributed by atoms with E-state index in [1.165, 1.54) is 12.1 Å². The van der Waals surface area contributed by atoms with Crippen molar-refractivity contribution in [2.24, 2.45) is 0 Å². The molecule has 0 saturated carbocycles. The summed E-state index contributed by atoms with van der Waals surface area (Å²) >= 11 is 5.74. The highest BCUT2D eigenvalue weighted by molar-refractivity contribution is 6.30. The molecule has 3 rings (SSSR count). The minimum atomic E-state index is -0.608. The number of amides is 2. The first kappa shape index (κ1) is 22.1. The normalized spacial score (nSPS) is 16.8. The quantitative estimate of drug-likeness (QED) is 0.671. The molecule has 1 aliphatic heterocycles. The van der Waals surface area contributed by atoms with Gasteiger partial charge in [-0.3, -0.25) is 14.5 Å². The summed E-state index contributed by atoms with van der Waals surface area (Å²) in [5, 5.41) is 5.73. The molecule has 1 unspecified atom stereocenters. The van der Waals surface area contributed by atoms with Gasteiger partial charge >= 0.3 is 0 Å². The Kier molecular flexibility index (Phi) is 7.65. The molecule has 0 bridgehead atoms. The molecule has 2 N–H and O–H groups in total. The molecule has 1 aliphatic rings. The van der Waals surface area contributed by atoms with Crippen molar-refractivity contribution in [3.63, 3.8) is 0 Å². The third-order valence-corrected chi connectivity index (χ3v) is 5.41. The van der Waals surface area contributed by atoms with Gasteiger partial charge in [-0.05, 0) is 35.7 Å². The average molecular weight is 434 g/mol. The highest BCUT2D eigenvalue weighted by Gasteiger charge is 2.31. The van der Waals surface area contributed by atoms with Gasteiger partial charge in [0, 0.05) is 26.2 Å². The minimum Gasteiger partial charge on any atom is -0.496 e. The standard InChI is InChI=1S/C22H25ClFN3O3/c1-30-20-5-3-2-4-16(20)8-9-25-21(28)13-19-22(29)26-10-11-27(19)14-15-6-7-17(23)18(24)12-15/h2-7,12,19H,8-11,13-14H2,1H3,(H,25,28)(H,26,29). The molecule has 1 atom stereocenters.